The van der Waals surface area contributed by atoms with Gasteiger partial charge in [0, 0.05) is 22.3 Å². The Hall–Kier alpha value is -1.40. The average molecular weight is 284 g/mol. The second-order valence-corrected chi connectivity index (χ2v) is 6.67. The van der Waals surface area contributed by atoms with Crippen molar-refractivity contribution >= 4 is 19.7 Å². The summed E-state index contributed by atoms with van der Waals surface area (Å²) in [5.41, 5.74) is 0.837. The Labute approximate surface area is 109 Å². The number of benzene rings is 1. The van der Waals surface area contributed by atoms with Crippen molar-refractivity contribution < 1.29 is 8.42 Å². The van der Waals surface area contributed by atoms with Gasteiger partial charge in [0.05, 0.1) is 0 Å². The molecule has 0 amide bonds. The topological polar surface area (TPSA) is 64.8 Å². The van der Waals surface area contributed by atoms with Gasteiger partial charge in [0.25, 0.3) is 14.2 Å². The number of halogens is 1. The number of aromatic nitrogens is 3. The van der Waals surface area contributed by atoms with Crippen molar-refractivity contribution in [2.75, 3.05) is 0 Å². The summed E-state index contributed by atoms with van der Waals surface area (Å²) in [4.78, 5) is 0. The molecule has 0 spiro atoms. The number of rotatable bonds is 3. The van der Waals surface area contributed by atoms with E-state index in [-0.39, 0.29) is 11.2 Å². The van der Waals surface area contributed by atoms with E-state index >= 15 is 0 Å². The van der Waals surface area contributed by atoms with Crippen molar-refractivity contribution in [3.8, 4) is 11.4 Å². The van der Waals surface area contributed by atoms with Crippen LogP contribution in [0, 0.1) is 0 Å². The molecule has 0 N–H and O–H groups in total. The summed E-state index contributed by atoms with van der Waals surface area (Å²) >= 11 is 0. The van der Waals surface area contributed by atoms with Crippen LogP contribution in [-0.4, -0.2) is 23.2 Å². The van der Waals surface area contributed by atoms with Crippen molar-refractivity contribution in [3.63, 3.8) is 0 Å². The molecule has 1 fully saturated rings. The van der Waals surface area contributed by atoms with E-state index in [0.717, 1.165) is 18.4 Å². The Balaban J connectivity index is 2.20. The van der Waals surface area contributed by atoms with Crippen molar-refractivity contribution in [1.82, 2.24) is 14.8 Å². The molecule has 1 aliphatic carbocycles. The summed E-state index contributed by atoms with van der Waals surface area (Å²) in [6.45, 7) is 0. The molecule has 7 heteroatoms. The Morgan fingerprint density at radius 3 is 2.39 bits per heavy atom. The Morgan fingerprint density at radius 1 is 1.17 bits per heavy atom. The van der Waals surface area contributed by atoms with Crippen LogP contribution in [0.2, 0.25) is 0 Å². The lowest BCUT2D eigenvalue weighted by atomic mass is 10.2. The van der Waals surface area contributed by atoms with E-state index in [1.165, 1.54) is 0 Å². The van der Waals surface area contributed by atoms with Gasteiger partial charge in [-0.15, -0.1) is 10.2 Å². The Kier molecular flexibility index (Phi) is 2.64. The van der Waals surface area contributed by atoms with Gasteiger partial charge in [-0.05, 0) is 12.8 Å². The minimum atomic E-state index is -3.86. The van der Waals surface area contributed by atoms with Crippen LogP contribution in [0.5, 0.6) is 0 Å². The van der Waals surface area contributed by atoms with Gasteiger partial charge in [0.15, 0.2) is 5.82 Å². The fourth-order valence-corrected chi connectivity index (χ4v) is 2.81. The van der Waals surface area contributed by atoms with E-state index < -0.39 is 9.05 Å². The standard InChI is InChI=1S/C11H10ClN3O2S/c12-18(16,17)11-14-13-10(15(11)9-6-7-9)8-4-2-1-3-5-8/h1-5,9H,6-7H2. The molecule has 2 aromatic rings. The van der Waals surface area contributed by atoms with Crippen LogP contribution in [0.1, 0.15) is 18.9 Å². The molecule has 3 rings (SSSR count). The maximum absolute atomic E-state index is 11.5. The highest BCUT2D eigenvalue weighted by molar-refractivity contribution is 8.13. The SMILES string of the molecule is O=S(=O)(Cl)c1nnc(-c2ccccc2)n1C1CC1. The molecule has 18 heavy (non-hydrogen) atoms. The third-order valence-electron chi connectivity index (χ3n) is 2.83. The molecule has 0 bridgehead atoms. The van der Waals surface area contributed by atoms with Crippen LogP contribution >= 0.6 is 10.7 Å². The molecule has 0 unspecified atom stereocenters. The van der Waals surface area contributed by atoms with E-state index in [1.54, 1.807) is 4.57 Å². The molecule has 0 atom stereocenters. The van der Waals surface area contributed by atoms with Crippen LogP contribution in [0.25, 0.3) is 11.4 Å². The predicted molar refractivity (Wildman–Crippen MR) is 66.8 cm³/mol. The summed E-state index contributed by atoms with van der Waals surface area (Å²) in [5.74, 6) is 0.553. The maximum Gasteiger partial charge on any atom is 0.296 e. The molecule has 1 heterocycles. The van der Waals surface area contributed by atoms with Crippen LogP contribution in [-0.2, 0) is 9.05 Å². The third-order valence-corrected chi connectivity index (χ3v) is 3.96. The minimum Gasteiger partial charge on any atom is -0.294 e. The summed E-state index contributed by atoms with van der Waals surface area (Å²) in [5, 5.41) is 7.52. The smallest absolute Gasteiger partial charge is 0.294 e. The molecular formula is C11H10ClN3O2S. The number of hydrogen-bond donors (Lipinski definition) is 0. The Bertz CT molecular complexity index is 678. The molecule has 0 saturated heterocycles. The lowest BCUT2D eigenvalue weighted by Crippen LogP contribution is -2.06. The molecule has 0 aliphatic heterocycles. The van der Waals surface area contributed by atoms with Gasteiger partial charge in [0.1, 0.15) is 0 Å². The monoisotopic (exact) mass is 283 g/mol. The minimum absolute atomic E-state index is 0.138. The molecule has 94 valence electrons. The highest BCUT2D eigenvalue weighted by Crippen LogP contribution is 2.40. The molecule has 1 saturated carbocycles. The molecule has 1 aromatic carbocycles. The molecule has 0 radical (unpaired) electrons. The van der Waals surface area contributed by atoms with Crippen LogP contribution in [0.15, 0.2) is 35.5 Å². The quantitative estimate of drug-likeness (QED) is 0.810. The lowest BCUT2D eigenvalue weighted by Gasteiger charge is -2.06. The number of nitrogens with zero attached hydrogens (tertiary/aromatic N) is 3. The van der Waals surface area contributed by atoms with Gasteiger partial charge in [-0.3, -0.25) is 4.57 Å². The maximum atomic E-state index is 11.5. The van der Waals surface area contributed by atoms with E-state index in [2.05, 4.69) is 10.2 Å². The summed E-state index contributed by atoms with van der Waals surface area (Å²) < 4.78 is 24.6. The first-order chi connectivity index (χ1) is 8.57. The zero-order chi connectivity index (χ0) is 12.8. The largest absolute Gasteiger partial charge is 0.296 e. The van der Waals surface area contributed by atoms with E-state index in [1.807, 2.05) is 30.3 Å². The first kappa shape index (κ1) is 11.7. The summed E-state index contributed by atoms with van der Waals surface area (Å²) in [6, 6.07) is 9.51. The van der Waals surface area contributed by atoms with Crippen molar-refractivity contribution in [2.45, 2.75) is 24.0 Å². The fourth-order valence-electron chi connectivity index (χ4n) is 1.89. The van der Waals surface area contributed by atoms with Crippen molar-refractivity contribution in [1.29, 1.82) is 0 Å². The summed E-state index contributed by atoms with van der Waals surface area (Å²) in [7, 11) is 1.52. The second kappa shape index (κ2) is 4.07. The molecule has 5 nitrogen and oxygen atoms in total. The fraction of sp³-hybridized carbons (Fsp3) is 0.273. The summed E-state index contributed by atoms with van der Waals surface area (Å²) in [6.07, 6.45) is 1.86. The number of hydrogen-bond acceptors (Lipinski definition) is 4. The van der Waals surface area contributed by atoms with E-state index in [9.17, 15) is 8.42 Å². The third kappa shape index (κ3) is 2.02. The van der Waals surface area contributed by atoms with Gasteiger partial charge in [-0.25, -0.2) is 8.42 Å². The van der Waals surface area contributed by atoms with Gasteiger partial charge >= 0.3 is 0 Å². The van der Waals surface area contributed by atoms with Gasteiger partial charge < -0.3 is 0 Å². The molecule has 1 aromatic heterocycles. The van der Waals surface area contributed by atoms with Crippen LogP contribution in [0.4, 0.5) is 0 Å². The van der Waals surface area contributed by atoms with Gasteiger partial charge in [-0.1, -0.05) is 30.3 Å². The van der Waals surface area contributed by atoms with Crippen molar-refractivity contribution in [3.05, 3.63) is 30.3 Å². The highest BCUT2D eigenvalue weighted by atomic mass is 35.7. The Morgan fingerprint density at radius 2 is 1.83 bits per heavy atom. The van der Waals surface area contributed by atoms with Gasteiger partial charge in [0.2, 0.25) is 0 Å². The normalized spacial score (nSPS) is 15.8. The first-order valence-corrected chi connectivity index (χ1v) is 7.83. The lowest BCUT2D eigenvalue weighted by molar-refractivity contribution is 0.579. The van der Waals surface area contributed by atoms with Gasteiger partial charge in [-0.2, -0.15) is 0 Å². The zero-order valence-corrected chi connectivity index (χ0v) is 10.9. The predicted octanol–water partition coefficient (Wildman–Crippen LogP) is 2.21. The molecular weight excluding hydrogens is 274 g/mol. The highest BCUT2D eigenvalue weighted by Gasteiger charge is 2.33. The molecule has 1 aliphatic rings. The van der Waals surface area contributed by atoms with Crippen LogP contribution in [0.3, 0.4) is 0 Å². The van der Waals surface area contributed by atoms with Crippen molar-refractivity contribution in [2.24, 2.45) is 0 Å². The first-order valence-electron chi connectivity index (χ1n) is 5.52. The average Bonchev–Trinajstić information content (AvgIpc) is 3.07. The van der Waals surface area contributed by atoms with E-state index in [0.29, 0.717) is 5.82 Å². The van der Waals surface area contributed by atoms with E-state index in [4.69, 9.17) is 10.7 Å². The zero-order valence-electron chi connectivity index (χ0n) is 9.32. The van der Waals surface area contributed by atoms with Crippen LogP contribution < -0.4 is 0 Å². The second-order valence-electron chi connectivity index (χ2n) is 4.21.